The Morgan fingerprint density at radius 1 is 1.13 bits per heavy atom. The third-order valence-electron chi connectivity index (χ3n) is 8.31. The second kappa shape index (κ2) is 13.0. The molecule has 8 nitrogen and oxygen atoms in total. The van der Waals surface area contributed by atoms with Gasteiger partial charge < -0.3 is 29.5 Å². The zero-order valence-electron chi connectivity index (χ0n) is 24.2. The first-order valence-corrected chi connectivity index (χ1v) is 14.4. The van der Waals surface area contributed by atoms with Crippen molar-refractivity contribution in [1.29, 1.82) is 0 Å². The highest BCUT2D eigenvalue weighted by molar-refractivity contribution is 5.87. The largest absolute Gasteiger partial charge is 0.493 e. The van der Waals surface area contributed by atoms with E-state index < -0.39 is 17.4 Å². The van der Waals surface area contributed by atoms with Crippen LogP contribution in [0.1, 0.15) is 91.5 Å². The molecule has 1 amide bonds. The molecule has 0 spiro atoms. The third-order valence-corrected chi connectivity index (χ3v) is 8.31. The summed E-state index contributed by atoms with van der Waals surface area (Å²) in [6.45, 7) is 12.8. The van der Waals surface area contributed by atoms with Gasteiger partial charge >= 0.3 is 5.97 Å². The van der Waals surface area contributed by atoms with E-state index in [1.165, 1.54) is 0 Å². The number of carbonyl (C=O) groups is 2. The number of aliphatic carboxylic acids is 1. The van der Waals surface area contributed by atoms with E-state index in [9.17, 15) is 14.7 Å². The molecule has 214 valence electrons. The number of fused-ring (bicyclic) bond motifs is 1. The molecule has 2 heterocycles. The highest BCUT2D eigenvalue weighted by Gasteiger charge is 2.59. The molecule has 0 saturated carbocycles. The quantitative estimate of drug-likeness (QED) is 0.313. The van der Waals surface area contributed by atoms with Gasteiger partial charge in [0.15, 0.2) is 11.5 Å². The van der Waals surface area contributed by atoms with E-state index in [4.69, 9.17) is 14.2 Å². The molecule has 0 unspecified atom stereocenters. The van der Waals surface area contributed by atoms with Crippen molar-refractivity contribution < 1.29 is 28.9 Å². The van der Waals surface area contributed by atoms with Crippen LogP contribution in [0.25, 0.3) is 0 Å². The second-order valence-electron chi connectivity index (χ2n) is 11.7. The Balaban J connectivity index is 2.08. The highest BCUT2D eigenvalue weighted by atomic mass is 16.7. The molecule has 0 radical (unpaired) electrons. The molecule has 0 bridgehead atoms. The number of nitrogens with zero attached hydrogens (tertiary/aromatic N) is 1. The minimum atomic E-state index is -1.32. The Bertz CT molecular complexity index is 956. The average molecular weight is 533 g/mol. The van der Waals surface area contributed by atoms with Crippen LogP contribution in [0.4, 0.5) is 0 Å². The van der Waals surface area contributed by atoms with Crippen molar-refractivity contribution in [2.45, 2.75) is 97.4 Å². The number of carboxylic acids is 1. The standard InChI is InChI=1S/C30H48N2O6/c1-7-10-13-32(14-11-8-2)26(33)17-25-30(28(34)35,22(19-31-25)18-29(4,5)12-9-3)21-15-23(36-6)27-24(16-21)37-20-38-27/h15-16,22,25,31H,7-14,17-20H2,1-6H3,(H,34,35)/t22-,25+,30+/m1/s1. The van der Waals surface area contributed by atoms with Crippen molar-refractivity contribution in [3.8, 4) is 17.2 Å². The SMILES string of the molecule is CCCCN(CCCC)C(=O)C[C@@H]1NC[C@@H](CC(C)(C)CCC)[C@@]1(C(=O)O)c1cc(OC)c2c(c1)OCO2. The summed E-state index contributed by atoms with van der Waals surface area (Å²) < 4.78 is 16.9. The number of benzene rings is 1. The van der Waals surface area contributed by atoms with Gasteiger partial charge in [-0.25, -0.2) is 0 Å². The number of ether oxygens (including phenoxy) is 3. The number of methoxy groups -OCH3 is 1. The first-order chi connectivity index (χ1) is 18.1. The number of amides is 1. The normalized spacial score (nSPS) is 22.5. The van der Waals surface area contributed by atoms with Gasteiger partial charge in [-0.15, -0.1) is 0 Å². The summed E-state index contributed by atoms with van der Waals surface area (Å²) in [6.07, 6.45) is 6.74. The number of hydrogen-bond acceptors (Lipinski definition) is 6. The minimum absolute atomic E-state index is 0.0104. The fraction of sp³-hybridized carbons (Fsp3) is 0.733. The van der Waals surface area contributed by atoms with Gasteiger partial charge in [0, 0.05) is 25.6 Å². The molecule has 0 aliphatic carbocycles. The molecule has 3 rings (SSSR count). The van der Waals surface area contributed by atoms with Gasteiger partial charge in [0.25, 0.3) is 0 Å². The van der Waals surface area contributed by atoms with Crippen molar-refractivity contribution in [2.24, 2.45) is 11.3 Å². The number of rotatable bonds is 15. The summed E-state index contributed by atoms with van der Waals surface area (Å²) in [7, 11) is 1.55. The maximum absolute atomic E-state index is 13.7. The van der Waals surface area contributed by atoms with Crippen LogP contribution >= 0.6 is 0 Å². The molecule has 1 aromatic rings. The van der Waals surface area contributed by atoms with Gasteiger partial charge in [-0.05, 0) is 61.3 Å². The van der Waals surface area contributed by atoms with Crippen LogP contribution in [-0.4, -0.2) is 61.5 Å². The van der Waals surface area contributed by atoms with Gasteiger partial charge in [0.1, 0.15) is 5.41 Å². The van der Waals surface area contributed by atoms with Crippen molar-refractivity contribution in [1.82, 2.24) is 10.2 Å². The van der Waals surface area contributed by atoms with Crippen molar-refractivity contribution in [3.05, 3.63) is 17.7 Å². The molecular formula is C30H48N2O6. The Morgan fingerprint density at radius 3 is 2.39 bits per heavy atom. The van der Waals surface area contributed by atoms with Crippen LogP contribution in [-0.2, 0) is 15.0 Å². The molecular weight excluding hydrogens is 484 g/mol. The Kier molecular flexibility index (Phi) is 10.3. The van der Waals surface area contributed by atoms with Crippen LogP contribution in [0.2, 0.25) is 0 Å². The van der Waals surface area contributed by atoms with Gasteiger partial charge in [-0.3, -0.25) is 9.59 Å². The summed E-state index contributed by atoms with van der Waals surface area (Å²) in [6, 6.07) is 3.00. The number of unbranched alkanes of at least 4 members (excludes halogenated alkanes) is 2. The summed E-state index contributed by atoms with van der Waals surface area (Å²) in [5.41, 5.74) is -0.772. The summed E-state index contributed by atoms with van der Waals surface area (Å²) in [4.78, 5) is 29.1. The third kappa shape index (κ3) is 6.22. The first-order valence-electron chi connectivity index (χ1n) is 14.4. The monoisotopic (exact) mass is 532 g/mol. The van der Waals surface area contributed by atoms with Crippen LogP contribution in [0, 0.1) is 11.3 Å². The van der Waals surface area contributed by atoms with E-state index in [1.807, 2.05) is 4.90 Å². The lowest BCUT2D eigenvalue weighted by molar-refractivity contribution is -0.147. The molecule has 2 aliphatic heterocycles. The van der Waals surface area contributed by atoms with E-state index in [0.29, 0.717) is 42.4 Å². The number of carboxylic acid groups (broad SMARTS) is 1. The van der Waals surface area contributed by atoms with E-state index in [2.05, 4.69) is 39.9 Å². The zero-order valence-corrected chi connectivity index (χ0v) is 24.2. The highest BCUT2D eigenvalue weighted by Crippen LogP contribution is 2.51. The van der Waals surface area contributed by atoms with E-state index in [0.717, 1.165) is 44.9 Å². The fourth-order valence-corrected chi connectivity index (χ4v) is 6.42. The Labute approximate surface area is 228 Å². The topological polar surface area (TPSA) is 97.3 Å². The van der Waals surface area contributed by atoms with E-state index >= 15 is 0 Å². The van der Waals surface area contributed by atoms with Gasteiger partial charge in [-0.2, -0.15) is 0 Å². The van der Waals surface area contributed by atoms with Crippen LogP contribution in [0.15, 0.2) is 12.1 Å². The summed E-state index contributed by atoms with van der Waals surface area (Å²) in [5, 5.41) is 14.6. The minimum Gasteiger partial charge on any atom is -0.493 e. The van der Waals surface area contributed by atoms with Gasteiger partial charge in [0.05, 0.1) is 7.11 Å². The predicted octanol–water partition coefficient (Wildman–Crippen LogP) is 5.37. The van der Waals surface area contributed by atoms with Gasteiger partial charge in [-0.1, -0.05) is 53.9 Å². The summed E-state index contributed by atoms with van der Waals surface area (Å²) >= 11 is 0. The fourth-order valence-electron chi connectivity index (χ4n) is 6.42. The molecule has 8 heteroatoms. The van der Waals surface area contributed by atoms with E-state index in [1.54, 1.807) is 19.2 Å². The van der Waals surface area contributed by atoms with Crippen molar-refractivity contribution in [2.75, 3.05) is 33.5 Å². The van der Waals surface area contributed by atoms with Crippen LogP contribution in [0.3, 0.4) is 0 Å². The van der Waals surface area contributed by atoms with E-state index in [-0.39, 0.29) is 30.5 Å². The molecule has 38 heavy (non-hydrogen) atoms. The van der Waals surface area contributed by atoms with Crippen LogP contribution < -0.4 is 19.5 Å². The lowest BCUT2D eigenvalue weighted by atomic mass is 9.62. The molecule has 2 aliphatic rings. The molecule has 1 aromatic carbocycles. The predicted molar refractivity (Wildman–Crippen MR) is 148 cm³/mol. The molecule has 1 fully saturated rings. The Morgan fingerprint density at radius 2 is 1.82 bits per heavy atom. The first kappa shape index (κ1) is 30.1. The molecule has 2 N–H and O–H groups in total. The lowest BCUT2D eigenvalue weighted by Gasteiger charge is -2.40. The number of hydrogen-bond donors (Lipinski definition) is 2. The zero-order chi connectivity index (χ0) is 27.9. The lowest BCUT2D eigenvalue weighted by Crippen LogP contribution is -2.52. The van der Waals surface area contributed by atoms with Crippen molar-refractivity contribution in [3.63, 3.8) is 0 Å². The van der Waals surface area contributed by atoms with Gasteiger partial charge in [0.2, 0.25) is 18.4 Å². The second-order valence-corrected chi connectivity index (χ2v) is 11.7. The summed E-state index contributed by atoms with van der Waals surface area (Å²) in [5.74, 6) is 0.291. The maximum atomic E-state index is 13.7. The number of nitrogens with one attached hydrogen (secondary N) is 1. The molecule has 1 saturated heterocycles. The van der Waals surface area contributed by atoms with Crippen molar-refractivity contribution >= 4 is 11.9 Å². The molecule has 3 atom stereocenters. The van der Waals surface area contributed by atoms with Crippen LogP contribution in [0.5, 0.6) is 17.2 Å². The smallest absolute Gasteiger partial charge is 0.316 e. The Hall–Kier alpha value is -2.48. The number of carbonyl (C=O) groups excluding carboxylic acids is 1. The average Bonchev–Trinajstić information content (AvgIpc) is 3.48. The molecule has 0 aromatic heterocycles. The maximum Gasteiger partial charge on any atom is 0.316 e.